The van der Waals surface area contributed by atoms with Crippen LogP contribution in [0.25, 0.3) is 0 Å². The van der Waals surface area contributed by atoms with E-state index < -0.39 is 0 Å². The van der Waals surface area contributed by atoms with E-state index in [-0.39, 0.29) is 17.9 Å². The Morgan fingerprint density at radius 2 is 2.16 bits per heavy atom. The number of anilines is 1. The highest BCUT2D eigenvalue weighted by molar-refractivity contribution is 5.86. The monoisotopic (exact) mass is 264 g/mol. The van der Waals surface area contributed by atoms with Crippen molar-refractivity contribution in [2.24, 2.45) is 0 Å². The third-order valence-electron chi connectivity index (χ3n) is 4.01. The maximum absolute atomic E-state index is 12.3. The zero-order valence-corrected chi connectivity index (χ0v) is 11.4. The fourth-order valence-electron chi connectivity index (χ4n) is 2.57. The molecular weight excluding hydrogens is 244 g/mol. The molecule has 1 saturated heterocycles. The zero-order valence-electron chi connectivity index (χ0n) is 11.4. The van der Waals surface area contributed by atoms with Crippen LogP contribution in [0.4, 0.5) is 6.01 Å². The number of hydrogen-bond donors (Lipinski definition) is 1. The molecule has 0 bridgehead atoms. The summed E-state index contributed by atoms with van der Waals surface area (Å²) in [5.74, 6) is 1.07. The Hall–Kier alpha value is -1.59. The number of aromatic nitrogens is 2. The van der Waals surface area contributed by atoms with Crippen molar-refractivity contribution in [3.63, 3.8) is 0 Å². The third-order valence-corrected chi connectivity index (χ3v) is 4.01. The first-order valence-corrected chi connectivity index (χ1v) is 7.06. The molecule has 19 heavy (non-hydrogen) atoms. The number of amides is 1. The standard InChI is InChI=1S/C13H20N4O2/c1-8(2)11-15-13(19-16-11)14-10-6-7-17(12(10)18)9-4-3-5-9/h8-10H,3-7H2,1-2H3,(H,14,15,16). The molecule has 0 spiro atoms. The average Bonchev–Trinajstić information content (AvgIpc) is 2.89. The molecule has 1 atom stereocenters. The van der Waals surface area contributed by atoms with E-state index in [9.17, 15) is 4.79 Å². The maximum atomic E-state index is 12.3. The van der Waals surface area contributed by atoms with Crippen molar-refractivity contribution in [1.82, 2.24) is 15.0 Å². The highest BCUT2D eigenvalue weighted by Gasteiger charge is 2.38. The van der Waals surface area contributed by atoms with E-state index in [0.717, 1.165) is 25.8 Å². The Morgan fingerprint density at radius 1 is 1.37 bits per heavy atom. The first kappa shape index (κ1) is 12.4. The van der Waals surface area contributed by atoms with Gasteiger partial charge in [-0.05, 0) is 25.7 Å². The largest absolute Gasteiger partial charge is 0.338 e. The number of rotatable bonds is 4. The summed E-state index contributed by atoms with van der Waals surface area (Å²) in [6.45, 7) is 4.85. The Kier molecular flexibility index (Phi) is 3.16. The second kappa shape index (κ2) is 4.83. The summed E-state index contributed by atoms with van der Waals surface area (Å²) < 4.78 is 5.13. The summed E-state index contributed by atoms with van der Waals surface area (Å²) >= 11 is 0. The smallest absolute Gasteiger partial charge is 0.322 e. The predicted octanol–water partition coefficient (Wildman–Crippen LogP) is 1.76. The van der Waals surface area contributed by atoms with Crippen molar-refractivity contribution in [2.75, 3.05) is 11.9 Å². The average molecular weight is 264 g/mol. The number of nitrogens with zero attached hydrogens (tertiary/aromatic N) is 3. The van der Waals surface area contributed by atoms with Crippen molar-refractivity contribution in [3.8, 4) is 0 Å². The molecule has 1 amide bonds. The van der Waals surface area contributed by atoms with Crippen LogP contribution in [-0.2, 0) is 4.79 Å². The number of hydrogen-bond acceptors (Lipinski definition) is 5. The summed E-state index contributed by atoms with van der Waals surface area (Å²) in [7, 11) is 0. The molecule has 1 saturated carbocycles. The van der Waals surface area contributed by atoms with Crippen LogP contribution in [0.1, 0.15) is 51.3 Å². The lowest BCUT2D eigenvalue weighted by molar-refractivity contribution is -0.131. The summed E-state index contributed by atoms with van der Waals surface area (Å²) in [5, 5.41) is 6.96. The number of likely N-dealkylation sites (tertiary alicyclic amines) is 1. The predicted molar refractivity (Wildman–Crippen MR) is 69.8 cm³/mol. The number of carbonyl (C=O) groups excluding carboxylic acids is 1. The van der Waals surface area contributed by atoms with Crippen LogP contribution in [0, 0.1) is 0 Å². The van der Waals surface area contributed by atoms with Crippen molar-refractivity contribution < 1.29 is 9.32 Å². The second-order valence-electron chi connectivity index (χ2n) is 5.71. The highest BCUT2D eigenvalue weighted by Crippen LogP contribution is 2.29. The van der Waals surface area contributed by atoms with Crippen LogP contribution in [0.3, 0.4) is 0 Å². The summed E-state index contributed by atoms with van der Waals surface area (Å²) in [5.41, 5.74) is 0. The fraction of sp³-hybridized carbons (Fsp3) is 0.769. The van der Waals surface area contributed by atoms with E-state index in [1.54, 1.807) is 0 Å². The van der Waals surface area contributed by atoms with Gasteiger partial charge in [0.25, 0.3) is 0 Å². The third kappa shape index (κ3) is 2.31. The van der Waals surface area contributed by atoms with Crippen molar-refractivity contribution in [1.29, 1.82) is 0 Å². The lowest BCUT2D eigenvalue weighted by Gasteiger charge is -2.34. The SMILES string of the molecule is CC(C)c1noc(NC2CCN(C3CCC3)C2=O)n1. The second-order valence-corrected chi connectivity index (χ2v) is 5.71. The molecule has 0 aromatic carbocycles. The topological polar surface area (TPSA) is 71.3 Å². The Morgan fingerprint density at radius 3 is 2.74 bits per heavy atom. The minimum absolute atomic E-state index is 0.175. The molecule has 0 radical (unpaired) electrons. The zero-order chi connectivity index (χ0) is 13.4. The van der Waals surface area contributed by atoms with Gasteiger partial charge in [-0.1, -0.05) is 19.0 Å². The lowest BCUT2D eigenvalue weighted by Crippen LogP contribution is -2.43. The first-order valence-electron chi connectivity index (χ1n) is 7.06. The van der Waals surface area contributed by atoms with Gasteiger partial charge in [0, 0.05) is 18.5 Å². The van der Waals surface area contributed by atoms with Crippen LogP contribution in [0.15, 0.2) is 4.52 Å². The van der Waals surface area contributed by atoms with E-state index >= 15 is 0 Å². The minimum Gasteiger partial charge on any atom is -0.338 e. The van der Waals surface area contributed by atoms with Crippen LogP contribution in [-0.4, -0.2) is 39.6 Å². The van der Waals surface area contributed by atoms with E-state index in [1.807, 2.05) is 18.7 Å². The normalized spacial score (nSPS) is 24.1. The number of carbonyl (C=O) groups is 1. The molecule has 1 aliphatic carbocycles. The molecule has 2 aliphatic rings. The molecule has 2 fully saturated rings. The fourth-order valence-corrected chi connectivity index (χ4v) is 2.57. The van der Waals surface area contributed by atoms with Crippen LogP contribution in [0.2, 0.25) is 0 Å². The molecule has 1 aliphatic heterocycles. The van der Waals surface area contributed by atoms with E-state index in [1.165, 1.54) is 6.42 Å². The van der Waals surface area contributed by atoms with Gasteiger partial charge in [-0.2, -0.15) is 4.98 Å². The lowest BCUT2D eigenvalue weighted by atomic mass is 9.92. The Labute approximate surface area is 112 Å². The van der Waals surface area contributed by atoms with Crippen LogP contribution < -0.4 is 5.32 Å². The molecule has 1 aromatic rings. The Balaban J connectivity index is 1.62. The van der Waals surface area contributed by atoms with Crippen LogP contribution in [0.5, 0.6) is 0 Å². The van der Waals surface area contributed by atoms with Crippen molar-refractivity contribution >= 4 is 11.9 Å². The molecular formula is C13H20N4O2. The van der Waals surface area contributed by atoms with Gasteiger partial charge in [0.05, 0.1) is 0 Å². The van der Waals surface area contributed by atoms with Gasteiger partial charge in [0.1, 0.15) is 6.04 Å². The Bertz CT molecular complexity index is 467. The molecule has 2 heterocycles. The van der Waals surface area contributed by atoms with Gasteiger partial charge in [-0.25, -0.2) is 0 Å². The van der Waals surface area contributed by atoms with Gasteiger partial charge in [-0.15, -0.1) is 0 Å². The van der Waals surface area contributed by atoms with Gasteiger partial charge >= 0.3 is 6.01 Å². The van der Waals surface area contributed by atoms with Gasteiger partial charge in [-0.3, -0.25) is 4.79 Å². The van der Waals surface area contributed by atoms with Crippen molar-refractivity contribution in [3.05, 3.63) is 5.82 Å². The molecule has 3 rings (SSSR count). The molecule has 1 aromatic heterocycles. The molecule has 1 unspecified atom stereocenters. The molecule has 1 N–H and O–H groups in total. The van der Waals surface area contributed by atoms with Gasteiger partial charge in [0.15, 0.2) is 5.82 Å². The molecule has 6 heteroatoms. The summed E-state index contributed by atoms with van der Waals surface area (Å²) in [6, 6.07) is 0.617. The van der Waals surface area contributed by atoms with Crippen LogP contribution >= 0.6 is 0 Å². The van der Waals surface area contributed by atoms with E-state index in [0.29, 0.717) is 17.9 Å². The van der Waals surface area contributed by atoms with Gasteiger partial charge < -0.3 is 14.7 Å². The quantitative estimate of drug-likeness (QED) is 0.897. The first-order chi connectivity index (χ1) is 9.15. The van der Waals surface area contributed by atoms with E-state index in [4.69, 9.17) is 4.52 Å². The van der Waals surface area contributed by atoms with E-state index in [2.05, 4.69) is 15.5 Å². The molecule has 6 nitrogen and oxygen atoms in total. The highest BCUT2D eigenvalue weighted by atomic mass is 16.5. The summed E-state index contributed by atoms with van der Waals surface area (Å²) in [4.78, 5) is 18.5. The number of nitrogens with one attached hydrogen (secondary N) is 1. The minimum atomic E-state index is -0.207. The van der Waals surface area contributed by atoms with Crippen molar-refractivity contribution in [2.45, 2.75) is 57.5 Å². The molecule has 104 valence electrons. The van der Waals surface area contributed by atoms with Gasteiger partial charge in [0.2, 0.25) is 5.91 Å². The maximum Gasteiger partial charge on any atom is 0.322 e. The summed E-state index contributed by atoms with van der Waals surface area (Å²) in [6.07, 6.45) is 4.36.